The fourth-order valence-electron chi connectivity index (χ4n) is 6.05. The van der Waals surface area contributed by atoms with E-state index in [1.54, 1.807) is 0 Å². The number of hydrogen-bond donors (Lipinski definition) is 0. The SMILES string of the molecule is CCCCCCCCCCCCOc1ccc(-c2csc(C(=O)c3ccc(-c4ccc(C(=O)O[C@@H](C)CCCCCC)cc4)cc3)c2)cc1. The lowest BCUT2D eigenvalue weighted by Gasteiger charge is -2.13. The zero-order valence-electron chi connectivity index (χ0n) is 30.0. The number of unbranched alkanes of at least 4 members (excludes halogenated alkanes) is 12. The summed E-state index contributed by atoms with van der Waals surface area (Å²) in [5, 5.41) is 2.04. The Hall–Kier alpha value is -3.70. The molecule has 0 saturated heterocycles. The van der Waals surface area contributed by atoms with Gasteiger partial charge in [0.15, 0.2) is 0 Å². The quantitative estimate of drug-likeness (QED) is 0.0444. The molecule has 49 heavy (non-hydrogen) atoms. The lowest BCUT2D eigenvalue weighted by molar-refractivity contribution is 0.0319. The van der Waals surface area contributed by atoms with Crippen LogP contribution < -0.4 is 4.74 Å². The molecule has 0 aliphatic carbocycles. The summed E-state index contributed by atoms with van der Waals surface area (Å²) in [6.07, 6.45) is 18.7. The second-order valence-electron chi connectivity index (χ2n) is 13.3. The molecule has 0 unspecified atom stereocenters. The van der Waals surface area contributed by atoms with Crippen molar-refractivity contribution in [2.24, 2.45) is 0 Å². The molecule has 262 valence electrons. The topological polar surface area (TPSA) is 52.6 Å². The Labute approximate surface area is 299 Å². The van der Waals surface area contributed by atoms with Crippen LogP contribution in [-0.2, 0) is 4.74 Å². The number of hydrogen-bond acceptors (Lipinski definition) is 5. The van der Waals surface area contributed by atoms with Gasteiger partial charge >= 0.3 is 5.97 Å². The fraction of sp³-hybridized carbons (Fsp3) is 0.455. The molecule has 4 aromatic rings. The normalized spacial score (nSPS) is 11.7. The zero-order valence-corrected chi connectivity index (χ0v) is 30.8. The summed E-state index contributed by atoms with van der Waals surface area (Å²) >= 11 is 1.47. The van der Waals surface area contributed by atoms with E-state index >= 15 is 0 Å². The van der Waals surface area contributed by atoms with Crippen LogP contribution in [-0.4, -0.2) is 24.5 Å². The van der Waals surface area contributed by atoms with E-state index in [1.807, 2.05) is 79.0 Å². The van der Waals surface area contributed by atoms with E-state index < -0.39 is 0 Å². The van der Waals surface area contributed by atoms with E-state index in [0.717, 1.165) is 53.9 Å². The van der Waals surface area contributed by atoms with Crippen molar-refractivity contribution in [1.82, 2.24) is 0 Å². The highest BCUT2D eigenvalue weighted by molar-refractivity contribution is 7.12. The van der Waals surface area contributed by atoms with Gasteiger partial charge < -0.3 is 9.47 Å². The summed E-state index contributed by atoms with van der Waals surface area (Å²) in [6.45, 7) is 7.18. The minimum atomic E-state index is -0.283. The maximum Gasteiger partial charge on any atom is 0.338 e. The second kappa shape index (κ2) is 21.4. The molecule has 5 heteroatoms. The highest BCUT2D eigenvalue weighted by Gasteiger charge is 2.15. The summed E-state index contributed by atoms with van der Waals surface area (Å²) in [6, 6.07) is 25.3. The summed E-state index contributed by atoms with van der Waals surface area (Å²) in [4.78, 5) is 26.6. The van der Waals surface area contributed by atoms with Gasteiger partial charge in [-0.05, 0) is 84.2 Å². The Morgan fingerprint density at radius 2 is 1.08 bits per heavy atom. The van der Waals surface area contributed by atoms with Gasteiger partial charge in [0.2, 0.25) is 5.78 Å². The summed E-state index contributed by atoms with van der Waals surface area (Å²) in [5.41, 5.74) is 5.29. The van der Waals surface area contributed by atoms with E-state index in [0.29, 0.717) is 16.0 Å². The van der Waals surface area contributed by atoms with E-state index in [-0.39, 0.29) is 17.9 Å². The maximum absolute atomic E-state index is 13.3. The summed E-state index contributed by atoms with van der Waals surface area (Å²) < 4.78 is 11.6. The molecule has 4 rings (SSSR count). The maximum atomic E-state index is 13.3. The van der Waals surface area contributed by atoms with Crippen LogP contribution in [0.15, 0.2) is 84.2 Å². The number of rotatable bonds is 23. The van der Waals surface area contributed by atoms with E-state index in [1.165, 1.54) is 88.4 Å². The van der Waals surface area contributed by atoms with Gasteiger partial charge in [0, 0.05) is 5.56 Å². The van der Waals surface area contributed by atoms with Gasteiger partial charge in [0.05, 0.1) is 23.2 Å². The number of carbonyl (C=O) groups excluding carboxylic acids is 2. The number of ketones is 1. The molecule has 1 atom stereocenters. The third-order valence-electron chi connectivity index (χ3n) is 9.15. The highest BCUT2D eigenvalue weighted by Crippen LogP contribution is 2.30. The lowest BCUT2D eigenvalue weighted by atomic mass is 10.0. The number of ether oxygens (including phenoxy) is 2. The van der Waals surface area contributed by atoms with E-state index in [2.05, 4.69) is 26.0 Å². The van der Waals surface area contributed by atoms with Crippen molar-refractivity contribution in [2.75, 3.05) is 6.61 Å². The van der Waals surface area contributed by atoms with Crippen molar-refractivity contribution in [3.63, 3.8) is 0 Å². The van der Waals surface area contributed by atoms with Gasteiger partial charge in [-0.3, -0.25) is 4.79 Å². The summed E-state index contributed by atoms with van der Waals surface area (Å²) in [7, 11) is 0. The molecule has 0 spiro atoms. The van der Waals surface area contributed by atoms with Crippen molar-refractivity contribution >= 4 is 23.1 Å². The molecular formula is C44H56O4S. The van der Waals surface area contributed by atoms with Crippen molar-refractivity contribution in [3.05, 3.63) is 100 Å². The Kier molecular flexibility index (Phi) is 16.6. The molecule has 0 fully saturated rings. The third kappa shape index (κ3) is 12.9. The van der Waals surface area contributed by atoms with Gasteiger partial charge in [-0.25, -0.2) is 4.79 Å². The average Bonchev–Trinajstić information content (AvgIpc) is 3.63. The predicted molar refractivity (Wildman–Crippen MR) is 206 cm³/mol. The van der Waals surface area contributed by atoms with Crippen LogP contribution in [0.25, 0.3) is 22.3 Å². The molecule has 1 heterocycles. The molecule has 0 saturated carbocycles. The van der Waals surface area contributed by atoms with Crippen LogP contribution in [0.3, 0.4) is 0 Å². The second-order valence-corrected chi connectivity index (χ2v) is 14.2. The molecule has 0 N–H and O–H groups in total. The largest absolute Gasteiger partial charge is 0.494 e. The van der Waals surface area contributed by atoms with E-state index in [9.17, 15) is 9.59 Å². The molecule has 3 aromatic carbocycles. The first-order valence-electron chi connectivity index (χ1n) is 18.8. The number of carbonyl (C=O) groups is 2. The monoisotopic (exact) mass is 680 g/mol. The Bertz CT molecular complexity index is 1520. The molecule has 0 amide bonds. The fourth-order valence-corrected chi connectivity index (χ4v) is 6.93. The van der Waals surface area contributed by atoms with Crippen molar-refractivity contribution in [3.8, 4) is 28.0 Å². The smallest absolute Gasteiger partial charge is 0.338 e. The standard InChI is InChI=1S/C44H56O4S/c1-4-6-8-10-11-12-13-14-15-17-31-47-41-29-27-37(28-30-41)40-32-42(49-33-40)43(45)38-23-19-35(20-24-38)36-21-25-39(26-22-36)44(46)48-34(3)18-16-9-7-5-2/h19-30,32-34H,4-18,31H2,1-3H3/t34-/m0/s1. The van der Waals surface area contributed by atoms with Crippen LogP contribution in [0.4, 0.5) is 0 Å². The lowest BCUT2D eigenvalue weighted by Crippen LogP contribution is -2.15. The first kappa shape index (κ1) is 38.1. The Balaban J connectivity index is 1.20. The first-order chi connectivity index (χ1) is 24.0. The third-order valence-corrected chi connectivity index (χ3v) is 10.1. The minimum absolute atomic E-state index is 0.0150. The van der Waals surface area contributed by atoms with Crippen LogP contribution in [0.1, 0.15) is 143 Å². The highest BCUT2D eigenvalue weighted by atomic mass is 32.1. The average molecular weight is 681 g/mol. The van der Waals surface area contributed by atoms with Crippen LogP contribution in [0.2, 0.25) is 0 Å². The number of thiophene rings is 1. The van der Waals surface area contributed by atoms with Crippen LogP contribution in [0.5, 0.6) is 5.75 Å². The molecule has 4 nitrogen and oxygen atoms in total. The Morgan fingerprint density at radius 3 is 1.67 bits per heavy atom. The number of esters is 1. The Morgan fingerprint density at radius 1 is 0.592 bits per heavy atom. The van der Waals surface area contributed by atoms with Gasteiger partial charge in [-0.2, -0.15) is 0 Å². The minimum Gasteiger partial charge on any atom is -0.494 e. The van der Waals surface area contributed by atoms with Crippen molar-refractivity contribution in [1.29, 1.82) is 0 Å². The summed E-state index contributed by atoms with van der Waals surface area (Å²) in [5.74, 6) is 0.624. The molecule has 1 aromatic heterocycles. The molecule has 0 aliphatic heterocycles. The van der Waals surface area contributed by atoms with Gasteiger partial charge in [0.1, 0.15) is 5.75 Å². The van der Waals surface area contributed by atoms with Gasteiger partial charge in [-0.15, -0.1) is 11.3 Å². The first-order valence-corrected chi connectivity index (χ1v) is 19.6. The molecule has 0 radical (unpaired) electrons. The molecule has 0 aliphatic rings. The zero-order chi connectivity index (χ0) is 34.7. The van der Waals surface area contributed by atoms with Crippen LogP contribution >= 0.6 is 11.3 Å². The molecule has 0 bridgehead atoms. The van der Waals surface area contributed by atoms with Crippen molar-refractivity contribution < 1.29 is 19.1 Å². The van der Waals surface area contributed by atoms with Gasteiger partial charge in [0.25, 0.3) is 0 Å². The predicted octanol–water partition coefficient (Wildman–Crippen LogP) is 13.1. The number of benzene rings is 3. The molecular weight excluding hydrogens is 625 g/mol. The van der Waals surface area contributed by atoms with Gasteiger partial charge in [-0.1, -0.05) is 139 Å². The van der Waals surface area contributed by atoms with E-state index in [4.69, 9.17) is 9.47 Å². The van der Waals surface area contributed by atoms with Crippen LogP contribution in [0, 0.1) is 0 Å². The van der Waals surface area contributed by atoms with Crippen molar-refractivity contribution in [2.45, 2.75) is 123 Å².